The SMILES string of the molecule is CC.CC.CC.CC.CC.CCC.CN([C-]=O)[C-]=O.CN([C-]=O)[C-]=O.[Y].c1ccccc1.c1ccccc1. The molecule has 0 bridgehead atoms. The molecule has 0 saturated carbocycles. The molecule has 0 aromatic heterocycles. The Morgan fingerprint density at radius 2 is 0.474 bits per heavy atom. The molecule has 2 aromatic carbocycles. The number of nitrogens with zero attached hydrogens (tertiary/aromatic N) is 2. The Kier molecular flexibility index (Phi) is 146. The standard InChI is InChI=1S/2C6H6.2C3H3NO2.C3H8.5C2H6.Y/c2*1-2-4-6-5-3-1;2*1-4(2-5)3-6;1-3-2;5*1-2;/h2*1-6H;2*1H3;3H2,1-2H3;5*1-2H3;/q;;2*-2;;;;;;;. The quantitative estimate of drug-likeness (QED) is 0.260. The molecule has 0 fully saturated rings. The van der Waals surface area contributed by atoms with Gasteiger partial charge >= 0.3 is 0 Å². The van der Waals surface area contributed by atoms with E-state index in [2.05, 4.69) is 13.8 Å². The average molecular weight is 610 g/mol. The Morgan fingerprint density at radius 3 is 0.500 bits per heavy atom. The van der Waals surface area contributed by atoms with Crippen molar-refractivity contribution in [2.75, 3.05) is 14.1 Å². The number of amides is 4. The fraction of sp³-hybridized carbons (Fsp3) is 0.484. The van der Waals surface area contributed by atoms with Gasteiger partial charge in [0.1, 0.15) is 0 Å². The molecule has 38 heavy (non-hydrogen) atoms. The van der Waals surface area contributed by atoms with Crippen LogP contribution in [0.5, 0.6) is 0 Å². The summed E-state index contributed by atoms with van der Waals surface area (Å²) in [4.78, 5) is 38.4. The van der Waals surface area contributed by atoms with E-state index in [1.807, 2.05) is 142 Å². The van der Waals surface area contributed by atoms with Crippen molar-refractivity contribution in [1.29, 1.82) is 0 Å². The van der Waals surface area contributed by atoms with Crippen LogP contribution in [0, 0.1) is 0 Å². The number of imide groups is 2. The Labute approximate surface area is 262 Å². The van der Waals surface area contributed by atoms with Gasteiger partial charge in [-0.15, -0.1) is 0 Å². The Balaban J connectivity index is -0.0000000366. The summed E-state index contributed by atoms with van der Waals surface area (Å²) in [6.07, 6.45) is 6.35. The van der Waals surface area contributed by atoms with Crippen molar-refractivity contribution >= 4 is 25.6 Å². The van der Waals surface area contributed by atoms with Gasteiger partial charge in [-0.2, -0.15) is 25.6 Å². The third kappa shape index (κ3) is 115. The molecule has 0 saturated heterocycles. The van der Waals surface area contributed by atoms with E-state index in [0.29, 0.717) is 9.80 Å². The van der Waals surface area contributed by atoms with Gasteiger partial charge in [0, 0.05) is 32.7 Å². The fourth-order valence-electron chi connectivity index (χ4n) is 0.807. The molecule has 0 aliphatic rings. The molecular weight excluding hydrogens is 553 g/mol. The minimum absolute atomic E-state index is 0. The molecule has 1 radical (unpaired) electrons. The molecule has 4 amide bonds. The van der Waals surface area contributed by atoms with E-state index in [4.69, 9.17) is 0 Å². The summed E-state index contributed by atoms with van der Waals surface area (Å²) in [5.74, 6) is 0. The van der Waals surface area contributed by atoms with Gasteiger partial charge < -0.3 is 29.0 Å². The number of carbonyl (C=O) groups excluding carboxylic acids is 4. The summed E-state index contributed by atoms with van der Waals surface area (Å²) < 4.78 is 0. The molecule has 2 aromatic rings. The minimum atomic E-state index is 0. The van der Waals surface area contributed by atoms with E-state index in [1.165, 1.54) is 46.2 Å². The maximum atomic E-state index is 9.27. The van der Waals surface area contributed by atoms with Gasteiger partial charge in [-0.05, 0) is 14.1 Å². The van der Waals surface area contributed by atoms with Gasteiger partial charge in [0.2, 0.25) is 0 Å². The van der Waals surface area contributed by atoms with Crippen LogP contribution in [0.1, 0.15) is 89.5 Å². The van der Waals surface area contributed by atoms with Crippen LogP contribution in [0.25, 0.3) is 0 Å². The topological polar surface area (TPSA) is 74.8 Å². The van der Waals surface area contributed by atoms with Crippen molar-refractivity contribution < 1.29 is 51.9 Å². The second kappa shape index (κ2) is 91.9. The van der Waals surface area contributed by atoms with E-state index in [1.54, 1.807) is 0 Å². The van der Waals surface area contributed by atoms with E-state index in [9.17, 15) is 19.2 Å². The van der Waals surface area contributed by atoms with Crippen LogP contribution in [0.15, 0.2) is 72.8 Å². The second-order valence-corrected chi connectivity index (χ2v) is 4.50. The first kappa shape index (κ1) is 60.4. The van der Waals surface area contributed by atoms with Crippen LogP contribution in [0.2, 0.25) is 0 Å². The van der Waals surface area contributed by atoms with Crippen molar-refractivity contribution in [3.8, 4) is 0 Å². The number of hydrogen-bond donors (Lipinski definition) is 0. The van der Waals surface area contributed by atoms with Crippen molar-refractivity contribution in [1.82, 2.24) is 9.80 Å². The first-order chi connectivity index (χ1) is 18.0. The minimum Gasteiger partial charge on any atom is -0.639 e. The molecule has 6 nitrogen and oxygen atoms in total. The van der Waals surface area contributed by atoms with Crippen LogP contribution in [0.4, 0.5) is 0 Å². The maximum Gasteiger partial charge on any atom is 0 e. The molecule has 0 spiro atoms. The monoisotopic (exact) mass is 609 g/mol. The van der Waals surface area contributed by atoms with Crippen molar-refractivity contribution in [2.45, 2.75) is 89.5 Å². The molecule has 7 heteroatoms. The molecule has 0 aliphatic heterocycles. The van der Waals surface area contributed by atoms with E-state index < -0.39 is 0 Å². The van der Waals surface area contributed by atoms with Crippen LogP contribution < -0.4 is 0 Å². The van der Waals surface area contributed by atoms with Crippen LogP contribution >= 0.6 is 0 Å². The van der Waals surface area contributed by atoms with Gasteiger partial charge in [-0.1, -0.05) is 162 Å². The zero-order chi connectivity index (χ0) is 31.2. The third-order valence-electron chi connectivity index (χ3n) is 1.88. The van der Waals surface area contributed by atoms with E-state index in [0.717, 1.165) is 0 Å². The summed E-state index contributed by atoms with van der Waals surface area (Å²) in [5, 5.41) is 0. The summed E-state index contributed by atoms with van der Waals surface area (Å²) in [5.41, 5.74) is 0. The molecule has 0 unspecified atom stereocenters. The Morgan fingerprint density at radius 1 is 0.395 bits per heavy atom. The van der Waals surface area contributed by atoms with Gasteiger partial charge in [-0.3, -0.25) is 0 Å². The smallest absolute Gasteiger partial charge is 0 e. The fourth-order valence-corrected chi connectivity index (χ4v) is 0.807. The zero-order valence-corrected chi connectivity index (χ0v) is 29.6. The molecule has 0 atom stereocenters. The summed E-state index contributed by atoms with van der Waals surface area (Å²) in [6.45, 7) is 24.2. The van der Waals surface area contributed by atoms with Gasteiger partial charge in [-0.25, -0.2) is 0 Å². The molecule has 0 N–H and O–H groups in total. The van der Waals surface area contributed by atoms with Crippen LogP contribution in [-0.4, -0.2) is 49.5 Å². The normalized spacial score (nSPS) is 5.95. The molecule has 2 rings (SSSR count). The largest absolute Gasteiger partial charge is 0.639 e. The third-order valence-corrected chi connectivity index (χ3v) is 1.88. The van der Waals surface area contributed by atoms with Crippen molar-refractivity contribution in [2.24, 2.45) is 0 Å². The summed E-state index contributed by atoms with van der Waals surface area (Å²) in [7, 11) is 2.53. The second-order valence-electron chi connectivity index (χ2n) is 4.50. The number of rotatable bonds is 4. The first-order valence-corrected chi connectivity index (χ1v) is 13.0. The van der Waals surface area contributed by atoms with Crippen LogP contribution in [0.3, 0.4) is 0 Å². The first-order valence-electron chi connectivity index (χ1n) is 13.0. The average Bonchev–Trinajstić information content (AvgIpc) is 3.04. The predicted octanol–water partition coefficient (Wildman–Crippen LogP) is 8.02. The van der Waals surface area contributed by atoms with Crippen molar-refractivity contribution in [3.05, 3.63) is 72.8 Å². The molecule has 221 valence electrons. The number of hydrogen-bond acceptors (Lipinski definition) is 4. The van der Waals surface area contributed by atoms with Crippen molar-refractivity contribution in [3.63, 3.8) is 0 Å². The Hall–Kier alpha value is -2.18. The molecule has 0 aliphatic carbocycles. The van der Waals surface area contributed by atoms with E-state index >= 15 is 0 Å². The molecular formula is C31H56N2O4Y-4. The summed E-state index contributed by atoms with van der Waals surface area (Å²) >= 11 is 0. The van der Waals surface area contributed by atoms with Gasteiger partial charge in [0.05, 0.1) is 0 Å². The van der Waals surface area contributed by atoms with Gasteiger partial charge in [0.25, 0.3) is 0 Å². The van der Waals surface area contributed by atoms with E-state index in [-0.39, 0.29) is 32.7 Å². The maximum absolute atomic E-state index is 9.27. The zero-order valence-electron chi connectivity index (χ0n) is 26.7. The van der Waals surface area contributed by atoms with Crippen LogP contribution in [-0.2, 0) is 51.9 Å². The number of benzene rings is 2. The Bertz CT molecular complexity index is 427. The van der Waals surface area contributed by atoms with Gasteiger partial charge in [0.15, 0.2) is 0 Å². The predicted molar refractivity (Wildman–Crippen MR) is 164 cm³/mol. The molecule has 0 heterocycles. The summed E-state index contributed by atoms with van der Waals surface area (Å²) in [6, 6.07) is 24.0.